The zero-order chi connectivity index (χ0) is 19.3. The molecule has 146 valence electrons. The molecule has 5 rings (SSSR count). The highest BCUT2D eigenvalue weighted by molar-refractivity contribution is 5.69. The van der Waals surface area contributed by atoms with Crippen molar-refractivity contribution < 1.29 is 4.74 Å². The second kappa shape index (κ2) is 6.74. The van der Waals surface area contributed by atoms with Crippen LogP contribution >= 0.6 is 0 Å². The summed E-state index contributed by atoms with van der Waals surface area (Å²) in [6.45, 7) is 8.63. The zero-order valence-electron chi connectivity index (χ0n) is 16.6. The highest BCUT2D eigenvalue weighted by atomic mass is 16.5. The average Bonchev–Trinajstić information content (AvgIpc) is 3.39. The Morgan fingerprint density at radius 2 is 2.11 bits per heavy atom. The van der Waals surface area contributed by atoms with Crippen LogP contribution < -0.4 is 10.1 Å². The molecule has 7 heteroatoms. The van der Waals surface area contributed by atoms with E-state index in [0.717, 1.165) is 47.6 Å². The normalized spacial score (nSPS) is 18.6. The number of hydrogen-bond acceptors (Lipinski definition) is 5. The fourth-order valence-corrected chi connectivity index (χ4v) is 4.16. The Labute approximate surface area is 164 Å². The molecule has 0 bridgehead atoms. The Morgan fingerprint density at radius 1 is 1.21 bits per heavy atom. The number of aromatic nitrogens is 5. The lowest BCUT2D eigenvalue weighted by molar-refractivity contribution is 0.306. The maximum absolute atomic E-state index is 6.08. The number of nitrogens with one attached hydrogen (secondary N) is 1. The van der Waals surface area contributed by atoms with Crippen LogP contribution in [0.5, 0.6) is 5.75 Å². The lowest BCUT2D eigenvalue weighted by Gasteiger charge is -2.14. The molecule has 4 heterocycles. The molecule has 1 atom stereocenters. The highest BCUT2D eigenvalue weighted by Gasteiger charge is 2.24. The molecule has 1 N–H and O–H groups in total. The topological polar surface area (TPSA) is 69.8 Å². The second-order valence-electron chi connectivity index (χ2n) is 7.92. The van der Waals surface area contributed by atoms with Gasteiger partial charge in [0.1, 0.15) is 29.7 Å². The van der Waals surface area contributed by atoms with Crippen molar-refractivity contribution in [1.29, 1.82) is 0 Å². The van der Waals surface area contributed by atoms with Crippen molar-refractivity contribution in [2.75, 3.05) is 13.2 Å². The Kier molecular flexibility index (Phi) is 4.19. The van der Waals surface area contributed by atoms with Crippen LogP contribution in [0, 0.1) is 6.92 Å². The third-order valence-electron chi connectivity index (χ3n) is 5.53. The van der Waals surface area contributed by atoms with Gasteiger partial charge in [-0.3, -0.25) is 0 Å². The summed E-state index contributed by atoms with van der Waals surface area (Å²) in [5, 5.41) is 8.10. The van der Waals surface area contributed by atoms with Gasteiger partial charge in [0.15, 0.2) is 5.82 Å². The minimum atomic E-state index is 0.231. The first kappa shape index (κ1) is 17.4. The zero-order valence-corrected chi connectivity index (χ0v) is 16.6. The SMILES string of the molecule is Cc1nc(-c2cn3c(n2)-c2ccc(C4CCCN4)cc2OCC3)n(C(C)C)n1. The van der Waals surface area contributed by atoms with Gasteiger partial charge in [0, 0.05) is 18.3 Å². The van der Waals surface area contributed by atoms with Gasteiger partial charge in [0.05, 0.1) is 12.1 Å². The Morgan fingerprint density at radius 3 is 2.89 bits per heavy atom. The number of nitrogens with zero attached hydrogens (tertiary/aromatic N) is 5. The molecule has 0 spiro atoms. The van der Waals surface area contributed by atoms with E-state index in [-0.39, 0.29) is 6.04 Å². The molecule has 2 aliphatic rings. The lowest BCUT2D eigenvalue weighted by Crippen LogP contribution is -2.13. The van der Waals surface area contributed by atoms with Crippen LogP contribution in [0.15, 0.2) is 24.4 Å². The molecule has 7 nitrogen and oxygen atoms in total. The van der Waals surface area contributed by atoms with Gasteiger partial charge in [-0.2, -0.15) is 5.10 Å². The fraction of sp³-hybridized carbons (Fsp3) is 0.476. The molecule has 2 aromatic heterocycles. The van der Waals surface area contributed by atoms with Crippen LogP contribution in [0.2, 0.25) is 0 Å². The highest BCUT2D eigenvalue weighted by Crippen LogP contribution is 2.36. The van der Waals surface area contributed by atoms with Crippen molar-refractivity contribution in [3.8, 4) is 28.7 Å². The predicted molar refractivity (Wildman–Crippen MR) is 107 cm³/mol. The monoisotopic (exact) mass is 378 g/mol. The standard InChI is InChI=1S/C21H26N6O/c1-13(2)27-21(23-14(3)25-27)18-12-26-9-10-28-19-11-15(17-5-4-8-22-17)6-7-16(19)20(26)24-18/h6-7,11-13,17,22H,4-5,8-10H2,1-3H3. The summed E-state index contributed by atoms with van der Waals surface area (Å²) in [5.41, 5.74) is 3.20. The Hall–Kier alpha value is -2.67. The van der Waals surface area contributed by atoms with Gasteiger partial charge in [0.25, 0.3) is 0 Å². The Balaban J connectivity index is 1.57. The number of rotatable bonds is 3. The van der Waals surface area contributed by atoms with Gasteiger partial charge in [-0.05, 0) is 57.9 Å². The van der Waals surface area contributed by atoms with Gasteiger partial charge in [0.2, 0.25) is 0 Å². The Bertz CT molecular complexity index is 1010. The third kappa shape index (κ3) is 2.90. The predicted octanol–water partition coefficient (Wildman–Crippen LogP) is 3.51. The summed E-state index contributed by atoms with van der Waals surface area (Å²) in [6, 6.07) is 7.20. The molecular formula is C21H26N6O. The second-order valence-corrected chi connectivity index (χ2v) is 7.92. The molecule has 0 aliphatic carbocycles. The van der Waals surface area contributed by atoms with Crippen LogP contribution in [0.4, 0.5) is 0 Å². The van der Waals surface area contributed by atoms with Crippen molar-refractivity contribution in [2.45, 2.75) is 52.2 Å². The van der Waals surface area contributed by atoms with Crippen LogP contribution in [0.3, 0.4) is 0 Å². The molecule has 0 amide bonds. The van der Waals surface area contributed by atoms with Crippen molar-refractivity contribution in [3.63, 3.8) is 0 Å². The summed E-state index contributed by atoms with van der Waals surface area (Å²) in [5.74, 6) is 3.44. The van der Waals surface area contributed by atoms with Crippen LogP contribution in [0.25, 0.3) is 22.9 Å². The van der Waals surface area contributed by atoms with Gasteiger partial charge >= 0.3 is 0 Å². The number of hydrogen-bond donors (Lipinski definition) is 1. The van der Waals surface area contributed by atoms with Crippen LogP contribution in [-0.4, -0.2) is 37.5 Å². The van der Waals surface area contributed by atoms with E-state index < -0.39 is 0 Å². The third-order valence-corrected chi connectivity index (χ3v) is 5.53. The van der Waals surface area contributed by atoms with Gasteiger partial charge in [-0.1, -0.05) is 6.07 Å². The minimum absolute atomic E-state index is 0.231. The summed E-state index contributed by atoms with van der Waals surface area (Å²) in [6.07, 6.45) is 4.48. The van der Waals surface area contributed by atoms with Crippen molar-refractivity contribution in [1.82, 2.24) is 29.6 Å². The number of ether oxygens (including phenoxy) is 1. The van der Waals surface area contributed by atoms with Crippen molar-refractivity contribution in [2.24, 2.45) is 0 Å². The molecule has 0 saturated carbocycles. The van der Waals surface area contributed by atoms with Gasteiger partial charge in [-0.25, -0.2) is 14.6 Å². The maximum Gasteiger partial charge on any atom is 0.178 e. The molecule has 28 heavy (non-hydrogen) atoms. The molecule has 2 aliphatic heterocycles. The van der Waals surface area contributed by atoms with E-state index in [1.165, 1.54) is 18.4 Å². The number of benzene rings is 1. The van der Waals surface area contributed by atoms with E-state index >= 15 is 0 Å². The molecular weight excluding hydrogens is 352 g/mol. The fourth-order valence-electron chi connectivity index (χ4n) is 4.16. The van der Waals surface area contributed by atoms with Crippen LogP contribution in [0.1, 0.15) is 50.2 Å². The number of fused-ring (bicyclic) bond motifs is 3. The first-order valence-corrected chi connectivity index (χ1v) is 10.1. The van der Waals surface area contributed by atoms with E-state index in [1.54, 1.807) is 0 Å². The van der Waals surface area contributed by atoms with Crippen molar-refractivity contribution in [3.05, 3.63) is 35.8 Å². The smallest absolute Gasteiger partial charge is 0.178 e. The summed E-state index contributed by atoms with van der Waals surface area (Å²) < 4.78 is 10.2. The molecule has 1 aromatic carbocycles. The van der Waals surface area contributed by atoms with E-state index in [9.17, 15) is 0 Å². The van der Waals surface area contributed by atoms with E-state index in [1.807, 2.05) is 11.6 Å². The van der Waals surface area contributed by atoms with E-state index in [0.29, 0.717) is 12.6 Å². The van der Waals surface area contributed by atoms with Gasteiger partial charge in [-0.15, -0.1) is 0 Å². The summed E-state index contributed by atoms with van der Waals surface area (Å²) >= 11 is 0. The van der Waals surface area contributed by atoms with Gasteiger partial charge < -0.3 is 14.6 Å². The molecule has 0 radical (unpaired) electrons. The number of aryl methyl sites for hydroxylation is 1. The first-order valence-electron chi connectivity index (χ1n) is 10.1. The molecule has 1 saturated heterocycles. The summed E-state index contributed by atoms with van der Waals surface area (Å²) in [7, 11) is 0. The number of imidazole rings is 1. The molecule has 1 unspecified atom stereocenters. The lowest BCUT2D eigenvalue weighted by atomic mass is 10.0. The van der Waals surface area contributed by atoms with E-state index in [4.69, 9.17) is 9.72 Å². The first-order chi connectivity index (χ1) is 13.6. The van der Waals surface area contributed by atoms with Crippen LogP contribution in [-0.2, 0) is 6.54 Å². The molecule has 3 aromatic rings. The average molecular weight is 378 g/mol. The quantitative estimate of drug-likeness (QED) is 0.755. The van der Waals surface area contributed by atoms with E-state index in [2.05, 4.69) is 58.2 Å². The largest absolute Gasteiger partial charge is 0.491 e. The minimum Gasteiger partial charge on any atom is -0.491 e. The maximum atomic E-state index is 6.08. The van der Waals surface area contributed by atoms with Crippen molar-refractivity contribution >= 4 is 0 Å². The molecule has 1 fully saturated rings. The summed E-state index contributed by atoms with van der Waals surface area (Å²) in [4.78, 5) is 9.58.